The quantitative estimate of drug-likeness (QED) is 0.794. The highest BCUT2D eigenvalue weighted by Gasteiger charge is 2.07. The molecule has 1 aromatic carbocycles. The van der Waals surface area contributed by atoms with Crippen molar-refractivity contribution in [1.82, 2.24) is 9.59 Å². The van der Waals surface area contributed by atoms with Crippen molar-refractivity contribution in [3.05, 3.63) is 33.1 Å². The van der Waals surface area contributed by atoms with Gasteiger partial charge in [0.05, 0.1) is 5.02 Å². The highest BCUT2D eigenvalue weighted by molar-refractivity contribution is 9.10. The average Bonchev–Trinajstić information content (AvgIpc) is 2.62. The van der Waals surface area contributed by atoms with Crippen molar-refractivity contribution in [2.75, 3.05) is 0 Å². The molecule has 0 radical (unpaired) electrons. The summed E-state index contributed by atoms with van der Waals surface area (Å²) >= 11 is 10.7. The van der Waals surface area contributed by atoms with Crippen LogP contribution in [-0.4, -0.2) is 9.59 Å². The standard InChI is InChI=1S/C8H4BrClN2S/c9-6-3-1-2-5(8(6)10)7-4-13-12-11-7/h1-4H. The van der Waals surface area contributed by atoms with E-state index >= 15 is 0 Å². The molecule has 0 bridgehead atoms. The average molecular weight is 276 g/mol. The molecule has 2 rings (SSSR count). The molecule has 1 heterocycles. The van der Waals surface area contributed by atoms with Gasteiger partial charge in [0.15, 0.2) is 0 Å². The van der Waals surface area contributed by atoms with E-state index in [2.05, 4.69) is 25.5 Å². The smallest absolute Gasteiger partial charge is 0.107 e. The van der Waals surface area contributed by atoms with Crippen molar-refractivity contribution in [3.8, 4) is 11.3 Å². The Labute approximate surface area is 92.8 Å². The molecule has 1 aromatic heterocycles. The van der Waals surface area contributed by atoms with Crippen molar-refractivity contribution in [2.45, 2.75) is 0 Å². The zero-order chi connectivity index (χ0) is 9.26. The van der Waals surface area contributed by atoms with Gasteiger partial charge in [-0.05, 0) is 33.5 Å². The van der Waals surface area contributed by atoms with Crippen molar-refractivity contribution >= 4 is 39.1 Å². The molecule has 0 spiro atoms. The first-order chi connectivity index (χ1) is 6.29. The molecule has 2 aromatic rings. The van der Waals surface area contributed by atoms with Gasteiger partial charge in [-0.3, -0.25) is 0 Å². The number of rotatable bonds is 1. The molecule has 66 valence electrons. The van der Waals surface area contributed by atoms with Crippen molar-refractivity contribution < 1.29 is 0 Å². The van der Waals surface area contributed by atoms with Crippen LogP contribution >= 0.6 is 39.1 Å². The van der Waals surface area contributed by atoms with E-state index in [4.69, 9.17) is 11.6 Å². The molecule has 0 aliphatic carbocycles. The van der Waals surface area contributed by atoms with Crippen molar-refractivity contribution in [1.29, 1.82) is 0 Å². The Morgan fingerprint density at radius 2 is 2.23 bits per heavy atom. The highest BCUT2D eigenvalue weighted by Crippen LogP contribution is 2.32. The predicted octanol–water partition coefficient (Wildman–Crippen LogP) is 3.62. The van der Waals surface area contributed by atoms with E-state index in [1.54, 1.807) is 0 Å². The Balaban J connectivity index is 2.59. The van der Waals surface area contributed by atoms with E-state index in [1.807, 2.05) is 23.6 Å². The third kappa shape index (κ3) is 1.75. The second-order valence-corrected chi connectivity index (χ2v) is 4.23. The van der Waals surface area contributed by atoms with Crippen LogP contribution in [0.3, 0.4) is 0 Å². The maximum Gasteiger partial charge on any atom is 0.107 e. The predicted molar refractivity (Wildman–Crippen MR) is 58.1 cm³/mol. The van der Waals surface area contributed by atoms with Crippen LogP contribution in [0, 0.1) is 0 Å². The summed E-state index contributed by atoms with van der Waals surface area (Å²) in [6.07, 6.45) is 0. The molecule has 0 N–H and O–H groups in total. The number of halogens is 2. The largest absolute Gasteiger partial charge is 0.138 e. The van der Waals surface area contributed by atoms with Crippen molar-refractivity contribution in [3.63, 3.8) is 0 Å². The van der Waals surface area contributed by atoms with E-state index in [9.17, 15) is 0 Å². The topological polar surface area (TPSA) is 25.8 Å². The van der Waals surface area contributed by atoms with E-state index in [0.717, 1.165) is 15.7 Å². The van der Waals surface area contributed by atoms with Gasteiger partial charge >= 0.3 is 0 Å². The Kier molecular flexibility index (Phi) is 2.62. The minimum absolute atomic E-state index is 0.676. The number of hydrogen-bond acceptors (Lipinski definition) is 3. The minimum atomic E-state index is 0.676. The van der Waals surface area contributed by atoms with E-state index in [1.165, 1.54) is 11.5 Å². The van der Waals surface area contributed by atoms with Gasteiger partial charge in [-0.1, -0.05) is 28.2 Å². The van der Waals surface area contributed by atoms with E-state index in [-0.39, 0.29) is 0 Å². The first kappa shape index (κ1) is 9.12. The van der Waals surface area contributed by atoms with Crippen LogP contribution in [0.25, 0.3) is 11.3 Å². The molecular weight excluding hydrogens is 272 g/mol. The third-order valence-electron chi connectivity index (χ3n) is 1.59. The van der Waals surface area contributed by atoms with Gasteiger partial charge in [0.25, 0.3) is 0 Å². The second kappa shape index (κ2) is 3.74. The molecule has 0 saturated carbocycles. The lowest BCUT2D eigenvalue weighted by atomic mass is 10.2. The summed E-state index contributed by atoms with van der Waals surface area (Å²) < 4.78 is 4.66. The van der Waals surface area contributed by atoms with Crippen LogP contribution in [-0.2, 0) is 0 Å². The van der Waals surface area contributed by atoms with Gasteiger partial charge in [0.1, 0.15) is 5.69 Å². The summed E-state index contributed by atoms with van der Waals surface area (Å²) in [6.45, 7) is 0. The molecule has 0 unspecified atom stereocenters. The van der Waals surface area contributed by atoms with Gasteiger partial charge in [-0.15, -0.1) is 5.10 Å². The van der Waals surface area contributed by atoms with Crippen LogP contribution in [0.4, 0.5) is 0 Å². The van der Waals surface area contributed by atoms with Crippen LogP contribution in [0.5, 0.6) is 0 Å². The zero-order valence-electron chi connectivity index (χ0n) is 6.37. The molecule has 0 amide bonds. The van der Waals surface area contributed by atoms with Crippen molar-refractivity contribution in [2.24, 2.45) is 0 Å². The van der Waals surface area contributed by atoms with Crippen LogP contribution in [0.15, 0.2) is 28.1 Å². The zero-order valence-corrected chi connectivity index (χ0v) is 9.53. The highest BCUT2D eigenvalue weighted by atomic mass is 79.9. The first-order valence-corrected chi connectivity index (χ1v) is 5.51. The lowest BCUT2D eigenvalue weighted by Crippen LogP contribution is -1.80. The fraction of sp³-hybridized carbons (Fsp3) is 0. The van der Waals surface area contributed by atoms with Gasteiger partial charge in [0, 0.05) is 15.4 Å². The second-order valence-electron chi connectivity index (χ2n) is 2.39. The van der Waals surface area contributed by atoms with Crippen LogP contribution in [0.2, 0.25) is 5.02 Å². The fourth-order valence-corrected chi connectivity index (χ4v) is 2.03. The van der Waals surface area contributed by atoms with E-state index in [0.29, 0.717) is 5.02 Å². The molecule has 0 atom stereocenters. The van der Waals surface area contributed by atoms with Gasteiger partial charge in [0.2, 0.25) is 0 Å². The molecular formula is C8H4BrClN2S. The lowest BCUT2D eigenvalue weighted by Gasteiger charge is -2.00. The SMILES string of the molecule is Clc1c(Br)cccc1-c1csnn1. The summed E-state index contributed by atoms with van der Waals surface area (Å²) in [5.41, 5.74) is 1.72. The monoisotopic (exact) mass is 274 g/mol. The molecule has 5 heteroatoms. The Bertz CT molecular complexity index is 416. The molecule has 0 fully saturated rings. The first-order valence-electron chi connectivity index (χ1n) is 3.50. The third-order valence-corrected chi connectivity index (χ3v) is 3.39. The normalized spacial score (nSPS) is 10.3. The summed E-state index contributed by atoms with van der Waals surface area (Å²) in [5.74, 6) is 0. The Morgan fingerprint density at radius 3 is 2.92 bits per heavy atom. The number of nitrogens with zero attached hydrogens (tertiary/aromatic N) is 2. The summed E-state index contributed by atoms with van der Waals surface area (Å²) in [4.78, 5) is 0. The maximum atomic E-state index is 6.07. The molecule has 2 nitrogen and oxygen atoms in total. The Hall–Kier alpha value is -0.450. The van der Waals surface area contributed by atoms with E-state index < -0.39 is 0 Å². The van der Waals surface area contributed by atoms with Gasteiger partial charge in [-0.25, -0.2) is 0 Å². The fourth-order valence-electron chi connectivity index (χ4n) is 0.984. The molecule has 0 saturated heterocycles. The summed E-state index contributed by atoms with van der Waals surface area (Å²) in [7, 11) is 0. The van der Waals surface area contributed by atoms with Gasteiger partial charge in [-0.2, -0.15) is 0 Å². The van der Waals surface area contributed by atoms with Gasteiger partial charge < -0.3 is 0 Å². The minimum Gasteiger partial charge on any atom is -0.138 e. The molecule has 0 aliphatic rings. The maximum absolute atomic E-state index is 6.07. The Morgan fingerprint density at radius 1 is 1.38 bits per heavy atom. The summed E-state index contributed by atoms with van der Waals surface area (Å²) in [5, 5.41) is 6.50. The molecule has 13 heavy (non-hydrogen) atoms. The van der Waals surface area contributed by atoms with Crippen LogP contribution < -0.4 is 0 Å². The number of benzene rings is 1. The number of aromatic nitrogens is 2. The lowest BCUT2D eigenvalue weighted by molar-refractivity contribution is 1.16. The molecule has 0 aliphatic heterocycles. The summed E-state index contributed by atoms with van der Waals surface area (Å²) in [6, 6.07) is 5.74. The number of hydrogen-bond donors (Lipinski definition) is 0. The van der Waals surface area contributed by atoms with Crippen LogP contribution in [0.1, 0.15) is 0 Å².